The molecule has 0 radical (unpaired) electrons. The molecular formula is C13H25IN4S. The Morgan fingerprint density at radius 1 is 1.42 bits per heavy atom. The standard InChI is InChI=1S/C13H24N4S.HI/c1-6-11-16-10(9-18-11)7-8-15-12(14-5)17-13(2,3)4;/h9H,6-8H2,1-5H3,(H2,14,15,17);1H. The molecule has 0 aromatic carbocycles. The molecule has 19 heavy (non-hydrogen) atoms. The van der Waals surface area contributed by atoms with E-state index in [1.807, 2.05) is 0 Å². The van der Waals surface area contributed by atoms with Gasteiger partial charge in [-0.1, -0.05) is 6.92 Å². The minimum Gasteiger partial charge on any atom is -0.356 e. The van der Waals surface area contributed by atoms with E-state index < -0.39 is 0 Å². The first-order valence-corrected chi connectivity index (χ1v) is 7.24. The van der Waals surface area contributed by atoms with Gasteiger partial charge in [-0.25, -0.2) is 4.98 Å². The van der Waals surface area contributed by atoms with Crippen molar-refractivity contribution in [2.75, 3.05) is 13.6 Å². The molecule has 110 valence electrons. The van der Waals surface area contributed by atoms with E-state index in [1.54, 1.807) is 18.4 Å². The lowest BCUT2D eigenvalue weighted by Gasteiger charge is -2.23. The lowest BCUT2D eigenvalue weighted by Crippen LogP contribution is -2.48. The third-order valence-corrected chi connectivity index (χ3v) is 3.33. The summed E-state index contributed by atoms with van der Waals surface area (Å²) in [5.41, 5.74) is 1.19. The Morgan fingerprint density at radius 3 is 2.58 bits per heavy atom. The molecule has 0 saturated carbocycles. The summed E-state index contributed by atoms with van der Waals surface area (Å²) >= 11 is 1.74. The number of nitrogens with zero attached hydrogens (tertiary/aromatic N) is 2. The Labute approximate surface area is 137 Å². The Hall–Kier alpha value is -0.370. The molecule has 0 fully saturated rings. The molecule has 0 atom stereocenters. The Balaban J connectivity index is 0.00000324. The Kier molecular flexibility index (Phi) is 8.56. The van der Waals surface area contributed by atoms with E-state index in [9.17, 15) is 0 Å². The van der Waals surface area contributed by atoms with Crippen molar-refractivity contribution < 1.29 is 0 Å². The van der Waals surface area contributed by atoms with Crippen molar-refractivity contribution in [1.29, 1.82) is 0 Å². The first-order chi connectivity index (χ1) is 8.44. The number of nitrogens with one attached hydrogen (secondary N) is 2. The SMILES string of the molecule is CCc1nc(CCNC(=NC)NC(C)(C)C)cs1.I. The van der Waals surface area contributed by atoms with Crippen LogP contribution in [-0.4, -0.2) is 30.1 Å². The molecule has 0 aliphatic heterocycles. The molecule has 0 saturated heterocycles. The van der Waals surface area contributed by atoms with Crippen molar-refractivity contribution in [3.05, 3.63) is 16.1 Å². The number of guanidine groups is 1. The molecule has 2 N–H and O–H groups in total. The molecule has 0 aliphatic rings. The van der Waals surface area contributed by atoms with Crippen LogP contribution in [0.25, 0.3) is 0 Å². The van der Waals surface area contributed by atoms with Crippen LogP contribution in [0, 0.1) is 0 Å². The molecule has 1 aromatic heterocycles. The predicted molar refractivity (Wildman–Crippen MR) is 94.9 cm³/mol. The molecule has 0 amide bonds. The first-order valence-electron chi connectivity index (χ1n) is 6.36. The van der Waals surface area contributed by atoms with Gasteiger partial charge >= 0.3 is 0 Å². The number of aliphatic imine (C=N–C) groups is 1. The molecule has 4 nitrogen and oxygen atoms in total. The highest BCUT2D eigenvalue weighted by Crippen LogP contribution is 2.10. The molecule has 1 aromatic rings. The minimum atomic E-state index is 0. The average molecular weight is 396 g/mol. The van der Waals surface area contributed by atoms with Crippen LogP contribution in [0.15, 0.2) is 10.4 Å². The van der Waals surface area contributed by atoms with E-state index in [4.69, 9.17) is 0 Å². The van der Waals surface area contributed by atoms with E-state index >= 15 is 0 Å². The second-order valence-electron chi connectivity index (χ2n) is 5.21. The van der Waals surface area contributed by atoms with Gasteiger partial charge in [-0.05, 0) is 27.2 Å². The first kappa shape index (κ1) is 18.6. The maximum absolute atomic E-state index is 4.54. The largest absolute Gasteiger partial charge is 0.356 e. The zero-order valence-electron chi connectivity index (χ0n) is 12.4. The normalized spacial score (nSPS) is 11.9. The van der Waals surface area contributed by atoms with Gasteiger partial charge < -0.3 is 10.6 Å². The van der Waals surface area contributed by atoms with Gasteiger partial charge in [0, 0.05) is 30.9 Å². The molecule has 0 spiro atoms. The highest BCUT2D eigenvalue weighted by molar-refractivity contribution is 14.0. The van der Waals surface area contributed by atoms with Crippen LogP contribution in [0.3, 0.4) is 0 Å². The summed E-state index contributed by atoms with van der Waals surface area (Å²) in [6.07, 6.45) is 1.95. The zero-order valence-corrected chi connectivity index (χ0v) is 15.6. The summed E-state index contributed by atoms with van der Waals surface area (Å²) in [5, 5.41) is 9.98. The molecule has 6 heteroatoms. The van der Waals surface area contributed by atoms with Gasteiger partial charge in [0.05, 0.1) is 10.7 Å². The summed E-state index contributed by atoms with van der Waals surface area (Å²) in [4.78, 5) is 8.75. The van der Waals surface area contributed by atoms with Gasteiger partial charge in [-0.3, -0.25) is 4.99 Å². The third-order valence-electron chi connectivity index (χ3n) is 2.29. The van der Waals surface area contributed by atoms with Gasteiger partial charge in [0.2, 0.25) is 0 Å². The molecule has 0 bridgehead atoms. The van der Waals surface area contributed by atoms with Crippen molar-refractivity contribution >= 4 is 41.3 Å². The number of thiazole rings is 1. The van der Waals surface area contributed by atoms with Crippen molar-refractivity contribution in [2.24, 2.45) is 4.99 Å². The molecule has 1 rings (SSSR count). The van der Waals surface area contributed by atoms with Crippen LogP contribution in [0.2, 0.25) is 0 Å². The van der Waals surface area contributed by atoms with Crippen LogP contribution < -0.4 is 10.6 Å². The maximum atomic E-state index is 4.54. The smallest absolute Gasteiger partial charge is 0.191 e. The summed E-state index contributed by atoms with van der Waals surface area (Å²) in [7, 11) is 1.79. The maximum Gasteiger partial charge on any atom is 0.191 e. The summed E-state index contributed by atoms with van der Waals surface area (Å²) in [6.45, 7) is 9.34. The van der Waals surface area contributed by atoms with Gasteiger partial charge in [-0.2, -0.15) is 0 Å². The number of halogens is 1. The van der Waals surface area contributed by atoms with Crippen molar-refractivity contribution in [3.8, 4) is 0 Å². The Morgan fingerprint density at radius 2 is 2.11 bits per heavy atom. The molecule has 0 unspecified atom stereocenters. The Bertz CT molecular complexity index is 396. The van der Waals surface area contributed by atoms with Crippen LogP contribution in [0.4, 0.5) is 0 Å². The van der Waals surface area contributed by atoms with E-state index in [0.29, 0.717) is 0 Å². The number of hydrogen-bond acceptors (Lipinski definition) is 3. The van der Waals surface area contributed by atoms with Crippen LogP contribution in [0.1, 0.15) is 38.4 Å². The van der Waals surface area contributed by atoms with E-state index in [-0.39, 0.29) is 29.5 Å². The van der Waals surface area contributed by atoms with Crippen LogP contribution in [-0.2, 0) is 12.8 Å². The number of aromatic nitrogens is 1. The van der Waals surface area contributed by atoms with Crippen LogP contribution in [0.5, 0.6) is 0 Å². The van der Waals surface area contributed by atoms with Gasteiger partial charge in [0.15, 0.2) is 5.96 Å². The quantitative estimate of drug-likeness (QED) is 0.468. The highest BCUT2D eigenvalue weighted by atomic mass is 127. The zero-order chi connectivity index (χ0) is 13.6. The second-order valence-corrected chi connectivity index (χ2v) is 6.15. The molecule has 1 heterocycles. The predicted octanol–water partition coefficient (Wildman–Crippen LogP) is 2.83. The van der Waals surface area contributed by atoms with E-state index in [0.717, 1.165) is 31.0 Å². The monoisotopic (exact) mass is 396 g/mol. The highest BCUT2D eigenvalue weighted by Gasteiger charge is 2.11. The number of rotatable bonds is 4. The van der Waals surface area contributed by atoms with Crippen molar-refractivity contribution in [1.82, 2.24) is 15.6 Å². The van der Waals surface area contributed by atoms with Gasteiger partial charge in [-0.15, -0.1) is 35.3 Å². The van der Waals surface area contributed by atoms with Gasteiger partial charge in [0.1, 0.15) is 0 Å². The van der Waals surface area contributed by atoms with E-state index in [1.165, 1.54) is 5.01 Å². The fourth-order valence-electron chi connectivity index (χ4n) is 1.47. The van der Waals surface area contributed by atoms with E-state index in [2.05, 4.69) is 53.7 Å². The summed E-state index contributed by atoms with van der Waals surface area (Å²) in [5.74, 6) is 0.841. The third kappa shape index (κ3) is 7.71. The number of hydrogen-bond donors (Lipinski definition) is 2. The lowest BCUT2D eigenvalue weighted by molar-refractivity contribution is 0.501. The van der Waals surface area contributed by atoms with Crippen LogP contribution >= 0.6 is 35.3 Å². The second kappa shape index (κ2) is 8.73. The molecule has 0 aliphatic carbocycles. The van der Waals surface area contributed by atoms with Crippen molar-refractivity contribution in [3.63, 3.8) is 0 Å². The lowest BCUT2D eigenvalue weighted by atomic mass is 10.1. The fraction of sp³-hybridized carbons (Fsp3) is 0.692. The summed E-state index contributed by atoms with van der Waals surface area (Å²) in [6, 6.07) is 0. The summed E-state index contributed by atoms with van der Waals surface area (Å²) < 4.78 is 0. The van der Waals surface area contributed by atoms with Gasteiger partial charge in [0.25, 0.3) is 0 Å². The topological polar surface area (TPSA) is 49.3 Å². The van der Waals surface area contributed by atoms with Crippen molar-refractivity contribution in [2.45, 2.75) is 46.1 Å². The molecular weight excluding hydrogens is 371 g/mol. The number of aryl methyl sites for hydroxylation is 1. The average Bonchev–Trinajstić information content (AvgIpc) is 2.74. The minimum absolute atomic E-state index is 0. The fourth-order valence-corrected chi connectivity index (χ4v) is 2.25.